The van der Waals surface area contributed by atoms with Gasteiger partial charge in [-0.2, -0.15) is 0 Å². The first-order chi connectivity index (χ1) is 11.9. The van der Waals surface area contributed by atoms with E-state index in [9.17, 15) is 14.7 Å². The molecule has 4 nitrogen and oxygen atoms in total. The Bertz CT molecular complexity index is 1010. The smallest absolute Gasteiger partial charge is 0.265 e. The third-order valence-corrected chi connectivity index (χ3v) is 4.51. The van der Waals surface area contributed by atoms with Gasteiger partial charge in [0.2, 0.25) is 0 Å². The summed E-state index contributed by atoms with van der Waals surface area (Å²) in [5.41, 5.74) is 3.20. The third kappa shape index (κ3) is 2.95. The van der Waals surface area contributed by atoms with Gasteiger partial charge in [0.15, 0.2) is 5.78 Å². The molecule has 0 unspecified atom stereocenters. The third-order valence-electron chi connectivity index (χ3n) is 4.51. The van der Waals surface area contributed by atoms with Gasteiger partial charge in [-0.1, -0.05) is 42.8 Å². The number of carbonyl (C=O) groups excluding carboxylic acids is 1. The molecule has 128 valence electrons. The normalized spacial score (nSPS) is 11.0. The molecule has 25 heavy (non-hydrogen) atoms. The summed E-state index contributed by atoms with van der Waals surface area (Å²) >= 11 is 0. The molecular weight excluding hydrogens is 314 g/mol. The molecule has 0 fully saturated rings. The molecule has 0 aliphatic rings. The summed E-state index contributed by atoms with van der Waals surface area (Å²) in [7, 11) is 1.63. The van der Waals surface area contributed by atoms with Gasteiger partial charge in [-0.3, -0.25) is 9.59 Å². The molecule has 1 aromatic heterocycles. The number of ketones is 1. The Hall–Kier alpha value is -2.88. The van der Waals surface area contributed by atoms with E-state index in [1.807, 2.05) is 50.2 Å². The highest BCUT2D eigenvalue weighted by Gasteiger charge is 2.20. The van der Waals surface area contributed by atoms with E-state index in [1.165, 1.54) is 10.1 Å². The second-order valence-corrected chi connectivity index (χ2v) is 6.36. The zero-order valence-corrected chi connectivity index (χ0v) is 14.7. The highest BCUT2D eigenvalue weighted by atomic mass is 16.3. The predicted octanol–water partition coefficient (Wildman–Crippen LogP) is 4.20. The quantitative estimate of drug-likeness (QED) is 0.727. The molecule has 0 bridgehead atoms. The molecule has 4 heteroatoms. The Morgan fingerprint density at radius 2 is 1.72 bits per heavy atom. The number of carbonyl (C=O) groups is 1. The van der Waals surface area contributed by atoms with Crippen LogP contribution in [0, 0.1) is 6.92 Å². The van der Waals surface area contributed by atoms with E-state index in [-0.39, 0.29) is 23.5 Å². The number of aromatic nitrogens is 1. The molecule has 3 rings (SSSR count). The minimum absolute atomic E-state index is 0.111. The highest BCUT2D eigenvalue weighted by molar-refractivity contribution is 6.04. The van der Waals surface area contributed by atoms with Crippen LogP contribution in [-0.2, 0) is 7.05 Å². The molecule has 1 heterocycles. The molecular formula is C21H21NO3. The van der Waals surface area contributed by atoms with E-state index in [1.54, 1.807) is 13.1 Å². The largest absolute Gasteiger partial charge is 0.506 e. The molecule has 0 saturated heterocycles. The molecule has 0 radical (unpaired) electrons. The van der Waals surface area contributed by atoms with E-state index in [4.69, 9.17) is 0 Å². The van der Waals surface area contributed by atoms with Crippen molar-refractivity contribution in [1.29, 1.82) is 0 Å². The van der Waals surface area contributed by atoms with E-state index < -0.39 is 5.56 Å². The molecule has 0 aliphatic heterocycles. The number of benzene rings is 2. The number of rotatable bonds is 4. The van der Waals surface area contributed by atoms with Gasteiger partial charge < -0.3 is 9.67 Å². The summed E-state index contributed by atoms with van der Waals surface area (Å²) in [4.78, 5) is 24.8. The topological polar surface area (TPSA) is 59.3 Å². The summed E-state index contributed by atoms with van der Waals surface area (Å²) in [6, 6.07) is 13.6. The fourth-order valence-electron chi connectivity index (χ4n) is 3.05. The first kappa shape index (κ1) is 17.0. The van der Waals surface area contributed by atoms with Gasteiger partial charge in [-0.05, 0) is 36.6 Å². The number of Topliss-reactive ketones (excluding diaryl/α,β-unsaturated/α-hetero) is 1. The number of hydrogen-bond donors (Lipinski definition) is 1. The maximum absolute atomic E-state index is 12.6. The van der Waals surface area contributed by atoms with E-state index in [0.29, 0.717) is 17.3 Å². The van der Waals surface area contributed by atoms with Crippen LogP contribution in [0.25, 0.3) is 22.0 Å². The van der Waals surface area contributed by atoms with Crippen LogP contribution in [0.5, 0.6) is 5.75 Å². The van der Waals surface area contributed by atoms with Crippen LogP contribution in [0.1, 0.15) is 35.7 Å². The summed E-state index contributed by atoms with van der Waals surface area (Å²) < 4.78 is 1.44. The van der Waals surface area contributed by atoms with Crippen molar-refractivity contribution in [2.45, 2.75) is 26.7 Å². The van der Waals surface area contributed by atoms with Gasteiger partial charge in [0.1, 0.15) is 11.3 Å². The standard InChI is InChI=1S/C21H21NO3/c1-4-5-18(23)19-20(24)16-11-10-15(12-17(16)22(3)21(19)25)14-8-6-13(2)7-9-14/h6-12,24H,4-5H2,1-3H3. The average Bonchev–Trinajstić information content (AvgIpc) is 2.60. The maximum atomic E-state index is 12.6. The lowest BCUT2D eigenvalue weighted by molar-refractivity contribution is 0.0977. The summed E-state index contributed by atoms with van der Waals surface area (Å²) in [5, 5.41) is 11.0. The number of aryl methyl sites for hydroxylation is 2. The van der Waals surface area contributed by atoms with Crippen molar-refractivity contribution in [3.05, 3.63) is 63.9 Å². The van der Waals surface area contributed by atoms with Gasteiger partial charge in [0.05, 0.1) is 5.52 Å². The van der Waals surface area contributed by atoms with Crippen LogP contribution >= 0.6 is 0 Å². The second kappa shape index (κ2) is 6.55. The molecule has 1 N–H and O–H groups in total. The molecule has 0 aliphatic carbocycles. The van der Waals surface area contributed by atoms with E-state index in [2.05, 4.69) is 0 Å². The van der Waals surface area contributed by atoms with Crippen molar-refractivity contribution in [3.8, 4) is 16.9 Å². The molecule has 0 saturated carbocycles. The first-order valence-electron chi connectivity index (χ1n) is 8.40. The number of hydrogen-bond acceptors (Lipinski definition) is 3. The average molecular weight is 335 g/mol. The minimum atomic E-state index is -0.454. The summed E-state index contributed by atoms with van der Waals surface area (Å²) in [6.45, 7) is 3.90. The number of pyridine rings is 1. The Balaban J connectivity index is 2.23. The zero-order valence-electron chi connectivity index (χ0n) is 14.7. The van der Waals surface area contributed by atoms with E-state index >= 15 is 0 Å². The fourth-order valence-corrected chi connectivity index (χ4v) is 3.05. The molecule has 3 aromatic rings. The van der Waals surface area contributed by atoms with Crippen molar-refractivity contribution in [2.75, 3.05) is 0 Å². The van der Waals surface area contributed by atoms with Crippen molar-refractivity contribution < 1.29 is 9.90 Å². The lowest BCUT2D eigenvalue weighted by Crippen LogP contribution is -2.24. The Labute approximate surface area is 146 Å². The number of nitrogens with zero attached hydrogens (tertiary/aromatic N) is 1. The van der Waals surface area contributed by atoms with Crippen LogP contribution in [0.15, 0.2) is 47.3 Å². The molecule has 2 aromatic carbocycles. The maximum Gasteiger partial charge on any atom is 0.265 e. The Kier molecular flexibility index (Phi) is 4.45. The van der Waals surface area contributed by atoms with Crippen molar-refractivity contribution in [2.24, 2.45) is 7.05 Å². The molecule has 0 atom stereocenters. The monoisotopic (exact) mass is 335 g/mol. The fraction of sp³-hybridized carbons (Fsp3) is 0.238. The molecule has 0 spiro atoms. The number of fused-ring (bicyclic) bond motifs is 1. The molecule has 0 amide bonds. The van der Waals surface area contributed by atoms with Crippen LogP contribution in [0.2, 0.25) is 0 Å². The first-order valence-corrected chi connectivity index (χ1v) is 8.40. The SMILES string of the molecule is CCCC(=O)c1c(O)c2ccc(-c3ccc(C)cc3)cc2n(C)c1=O. The predicted molar refractivity (Wildman–Crippen MR) is 100 cm³/mol. The van der Waals surface area contributed by atoms with Crippen LogP contribution in [0.4, 0.5) is 0 Å². The second-order valence-electron chi connectivity index (χ2n) is 6.36. The van der Waals surface area contributed by atoms with Crippen LogP contribution in [0.3, 0.4) is 0 Å². The highest BCUT2D eigenvalue weighted by Crippen LogP contribution is 2.31. The van der Waals surface area contributed by atoms with Gasteiger partial charge in [0.25, 0.3) is 5.56 Å². The van der Waals surface area contributed by atoms with Gasteiger partial charge in [-0.25, -0.2) is 0 Å². The number of aromatic hydroxyl groups is 1. The van der Waals surface area contributed by atoms with Crippen LogP contribution in [-0.4, -0.2) is 15.5 Å². The van der Waals surface area contributed by atoms with E-state index in [0.717, 1.165) is 11.1 Å². The lowest BCUT2D eigenvalue weighted by Gasteiger charge is -2.12. The zero-order chi connectivity index (χ0) is 18.1. The van der Waals surface area contributed by atoms with Crippen molar-refractivity contribution in [3.63, 3.8) is 0 Å². The Morgan fingerprint density at radius 3 is 2.36 bits per heavy atom. The Morgan fingerprint density at radius 1 is 1.08 bits per heavy atom. The van der Waals surface area contributed by atoms with Gasteiger partial charge in [0, 0.05) is 18.9 Å². The van der Waals surface area contributed by atoms with Gasteiger partial charge >= 0.3 is 0 Å². The van der Waals surface area contributed by atoms with Gasteiger partial charge in [-0.15, -0.1) is 0 Å². The summed E-state index contributed by atoms with van der Waals surface area (Å²) in [6.07, 6.45) is 0.877. The van der Waals surface area contributed by atoms with Crippen LogP contribution < -0.4 is 5.56 Å². The van der Waals surface area contributed by atoms with Crippen molar-refractivity contribution in [1.82, 2.24) is 4.57 Å². The summed E-state index contributed by atoms with van der Waals surface area (Å²) in [5.74, 6) is -0.530. The lowest BCUT2D eigenvalue weighted by atomic mass is 9.99. The van der Waals surface area contributed by atoms with Crippen molar-refractivity contribution >= 4 is 16.7 Å². The minimum Gasteiger partial charge on any atom is -0.506 e.